The minimum Gasteiger partial charge on any atom is -0.478 e. The Morgan fingerprint density at radius 2 is 1.73 bits per heavy atom. The number of carboxylic acids is 1. The van der Waals surface area contributed by atoms with Gasteiger partial charge in [-0.25, -0.2) is 9.18 Å². The zero-order valence-electron chi connectivity index (χ0n) is 19.5. The number of carbonyl (C=O) groups is 2. The van der Waals surface area contributed by atoms with Gasteiger partial charge in [-0.15, -0.1) is 0 Å². The summed E-state index contributed by atoms with van der Waals surface area (Å²) >= 11 is 7.23. The van der Waals surface area contributed by atoms with E-state index >= 15 is 0 Å². The molecule has 1 aliphatic rings. The van der Waals surface area contributed by atoms with Crippen LogP contribution in [0.25, 0.3) is 0 Å². The average Bonchev–Trinajstić information content (AvgIpc) is 3.75. The molecule has 4 aromatic rings. The largest absolute Gasteiger partial charge is 0.478 e. The van der Waals surface area contributed by atoms with Gasteiger partial charge in [-0.1, -0.05) is 35.5 Å². The number of halogens is 2. The first kappa shape index (κ1) is 25.0. The van der Waals surface area contributed by atoms with Crippen LogP contribution in [-0.4, -0.2) is 21.8 Å². The van der Waals surface area contributed by atoms with Gasteiger partial charge in [-0.05, 0) is 91.1 Å². The van der Waals surface area contributed by atoms with Gasteiger partial charge in [-0.2, -0.15) is 0 Å². The third-order valence-corrected chi connectivity index (χ3v) is 7.49. The van der Waals surface area contributed by atoms with Gasteiger partial charge in [0.15, 0.2) is 0 Å². The van der Waals surface area contributed by atoms with Crippen LogP contribution in [-0.2, 0) is 0 Å². The predicted molar refractivity (Wildman–Crippen MR) is 142 cm³/mol. The molecular formula is C29H22ClFN2O3S. The number of pyridine rings is 1. The van der Waals surface area contributed by atoms with Gasteiger partial charge in [0.05, 0.1) is 23.5 Å². The lowest BCUT2D eigenvalue weighted by molar-refractivity contribution is 0.0693. The summed E-state index contributed by atoms with van der Waals surface area (Å²) in [7, 11) is 0. The molecular weight excluding hydrogens is 511 g/mol. The quantitative estimate of drug-likeness (QED) is 0.217. The zero-order chi connectivity index (χ0) is 25.9. The summed E-state index contributed by atoms with van der Waals surface area (Å²) in [5, 5.41) is 13.9. The highest BCUT2D eigenvalue weighted by molar-refractivity contribution is 7.99. The van der Waals surface area contributed by atoms with Crippen molar-refractivity contribution in [3.8, 4) is 0 Å². The first-order chi connectivity index (χ1) is 17.9. The Kier molecular flexibility index (Phi) is 7.26. The van der Waals surface area contributed by atoms with Gasteiger partial charge < -0.3 is 10.4 Å². The van der Waals surface area contributed by atoms with E-state index in [1.165, 1.54) is 30.0 Å². The van der Waals surface area contributed by atoms with Crippen LogP contribution in [0.2, 0.25) is 5.02 Å². The fourth-order valence-electron chi connectivity index (χ4n) is 4.07. The molecule has 5 rings (SSSR count). The van der Waals surface area contributed by atoms with Crippen molar-refractivity contribution in [3.63, 3.8) is 0 Å². The molecule has 1 heterocycles. The van der Waals surface area contributed by atoms with Crippen molar-refractivity contribution in [2.24, 2.45) is 5.92 Å². The normalized spacial score (nSPS) is 13.7. The molecule has 1 fully saturated rings. The molecule has 37 heavy (non-hydrogen) atoms. The molecule has 1 unspecified atom stereocenters. The Balaban J connectivity index is 1.33. The van der Waals surface area contributed by atoms with E-state index < -0.39 is 5.97 Å². The number of carboxylic acid groups (broad SMARTS) is 1. The van der Waals surface area contributed by atoms with Crippen LogP contribution in [0.4, 0.5) is 10.1 Å². The molecule has 0 radical (unpaired) electrons. The lowest BCUT2D eigenvalue weighted by atomic mass is 10.0. The van der Waals surface area contributed by atoms with Crippen molar-refractivity contribution in [1.82, 2.24) is 4.98 Å². The maximum Gasteiger partial charge on any atom is 0.336 e. The monoisotopic (exact) mass is 532 g/mol. The summed E-state index contributed by atoms with van der Waals surface area (Å²) in [5.74, 6) is -1.36. The number of anilines is 1. The fourth-order valence-corrected chi connectivity index (χ4v) is 5.12. The van der Waals surface area contributed by atoms with Gasteiger partial charge in [0.25, 0.3) is 0 Å². The van der Waals surface area contributed by atoms with Crippen molar-refractivity contribution in [2.75, 3.05) is 5.32 Å². The van der Waals surface area contributed by atoms with Crippen LogP contribution in [0.1, 0.15) is 50.9 Å². The van der Waals surface area contributed by atoms with E-state index in [1.807, 2.05) is 30.3 Å². The van der Waals surface area contributed by atoms with E-state index in [4.69, 9.17) is 11.6 Å². The standard InChI is InChI=1S/C29H22ClFN2O3S/c30-20-6-3-18(4-7-20)27(17-1-2-17)33-22-10-13-25(32-16-22)28(34)19-5-14-26(24(15-19)29(35)36)37-23-11-8-21(31)9-12-23/h3-17,27,33H,1-2H2,(H,35,36). The number of rotatable bonds is 9. The maximum absolute atomic E-state index is 13.2. The second-order valence-corrected chi connectivity index (χ2v) is 10.4. The Hall–Kier alpha value is -3.68. The number of ketones is 1. The first-order valence-corrected chi connectivity index (χ1v) is 12.9. The third kappa shape index (κ3) is 6.01. The van der Waals surface area contributed by atoms with E-state index in [0.29, 0.717) is 20.7 Å². The summed E-state index contributed by atoms with van der Waals surface area (Å²) in [6, 6.07) is 21.7. The first-order valence-electron chi connectivity index (χ1n) is 11.7. The second-order valence-electron chi connectivity index (χ2n) is 8.84. The number of hydrogen-bond acceptors (Lipinski definition) is 5. The van der Waals surface area contributed by atoms with Crippen molar-refractivity contribution in [2.45, 2.75) is 28.7 Å². The highest BCUT2D eigenvalue weighted by Gasteiger charge is 2.32. The number of aromatic carboxylic acids is 1. The lowest BCUT2D eigenvalue weighted by Crippen LogP contribution is -2.13. The van der Waals surface area contributed by atoms with E-state index in [9.17, 15) is 19.1 Å². The molecule has 0 saturated heterocycles. The number of nitrogens with zero attached hydrogens (tertiary/aromatic N) is 1. The van der Waals surface area contributed by atoms with Crippen molar-refractivity contribution >= 4 is 40.8 Å². The molecule has 0 amide bonds. The van der Waals surface area contributed by atoms with Gasteiger partial charge in [0.2, 0.25) is 5.78 Å². The van der Waals surface area contributed by atoms with Crippen LogP contribution in [0.15, 0.2) is 94.9 Å². The Labute approximate surface area is 222 Å². The molecule has 3 aromatic carbocycles. The number of carbonyl (C=O) groups excluding carboxylic acids is 1. The van der Waals surface area contributed by atoms with Crippen molar-refractivity contribution < 1.29 is 19.1 Å². The Morgan fingerprint density at radius 3 is 2.35 bits per heavy atom. The Bertz CT molecular complexity index is 1440. The van der Waals surface area contributed by atoms with Gasteiger partial charge >= 0.3 is 5.97 Å². The minimum absolute atomic E-state index is 0.00583. The van der Waals surface area contributed by atoms with E-state index in [-0.39, 0.29) is 34.5 Å². The van der Waals surface area contributed by atoms with Crippen LogP contribution in [0, 0.1) is 11.7 Å². The van der Waals surface area contributed by atoms with Crippen LogP contribution < -0.4 is 5.32 Å². The molecule has 1 aliphatic carbocycles. The molecule has 1 saturated carbocycles. The number of nitrogens with one attached hydrogen (secondary N) is 1. The average molecular weight is 533 g/mol. The van der Waals surface area contributed by atoms with Crippen LogP contribution in [0.3, 0.4) is 0 Å². The maximum atomic E-state index is 13.2. The molecule has 0 aliphatic heterocycles. The smallest absolute Gasteiger partial charge is 0.336 e. The summed E-state index contributed by atoms with van der Waals surface area (Å²) in [6.45, 7) is 0. The lowest BCUT2D eigenvalue weighted by Gasteiger charge is -2.20. The fraction of sp³-hybridized carbons (Fsp3) is 0.138. The second kappa shape index (κ2) is 10.7. The van der Waals surface area contributed by atoms with E-state index in [1.54, 1.807) is 36.5 Å². The molecule has 5 nitrogen and oxygen atoms in total. The minimum atomic E-state index is -1.15. The van der Waals surface area contributed by atoms with Crippen molar-refractivity contribution in [1.29, 1.82) is 0 Å². The zero-order valence-corrected chi connectivity index (χ0v) is 21.1. The molecule has 186 valence electrons. The number of hydrogen-bond donors (Lipinski definition) is 2. The van der Waals surface area contributed by atoms with E-state index in [2.05, 4.69) is 10.3 Å². The van der Waals surface area contributed by atoms with Gasteiger partial charge in [-0.3, -0.25) is 9.78 Å². The molecule has 1 atom stereocenters. The molecule has 8 heteroatoms. The predicted octanol–water partition coefficient (Wildman–Crippen LogP) is 7.52. The summed E-state index contributed by atoms with van der Waals surface area (Å²) in [4.78, 5) is 30.5. The van der Waals surface area contributed by atoms with Gasteiger partial charge in [0, 0.05) is 20.4 Å². The summed E-state index contributed by atoms with van der Waals surface area (Å²) in [5.41, 5.74) is 2.38. The molecule has 0 spiro atoms. The molecule has 1 aromatic heterocycles. The SMILES string of the molecule is O=C(c1ccc(Sc2ccc(F)cc2)c(C(=O)O)c1)c1ccc(NC(c2ccc(Cl)cc2)C2CC2)cn1. The molecule has 0 bridgehead atoms. The third-order valence-electron chi connectivity index (χ3n) is 6.15. The van der Waals surface area contributed by atoms with Crippen LogP contribution in [0.5, 0.6) is 0 Å². The summed E-state index contributed by atoms with van der Waals surface area (Å²) < 4.78 is 13.2. The van der Waals surface area contributed by atoms with Crippen LogP contribution >= 0.6 is 23.4 Å². The summed E-state index contributed by atoms with van der Waals surface area (Å²) in [6.07, 6.45) is 3.91. The Morgan fingerprint density at radius 1 is 1.00 bits per heavy atom. The number of aromatic nitrogens is 1. The topological polar surface area (TPSA) is 79.3 Å². The van der Waals surface area contributed by atoms with Gasteiger partial charge in [0.1, 0.15) is 11.5 Å². The van der Waals surface area contributed by atoms with Crippen molar-refractivity contribution in [3.05, 3.63) is 118 Å². The molecule has 2 N–H and O–H groups in total. The van der Waals surface area contributed by atoms with E-state index in [0.717, 1.165) is 24.1 Å². The highest BCUT2D eigenvalue weighted by Crippen LogP contribution is 2.43. The number of benzene rings is 3. The highest BCUT2D eigenvalue weighted by atomic mass is 35.5.